The number of Topliss-reactive ketones (excluding diaryl/α,β-unsaturated/α-hetero) is 1. The number of carbonyl (C=O) groups is 2. The second-order valence-electron chi connectivity index (χ2n) is 3.51. The molecule has 0 aromatic heterocycles. The van der Waals surface area contributed by atoms with Gasteiger partial charge in [0.2, 0.25) is 5.91 Å². The minimum Gasteiger partial charge on any atom is -0.492 e. The number of amides is 1. The van der Waals surface area contributed by atoms with Crippen molar-refractivity contribution in [1.29, 1.82) is 0 Å². The fourth-order valence-electron chi connectivity index (χ4n) is 1.56. The van der Waals surface area contributed by atoms with E-state index in [-0.39, 0.29) is 5.78 Å². The molecule has 0 saturated carbocycles. The topological polar surface area (TPSA) is 69.4 Å². The van der Waals surface area contributed by atoms with Gasteiger partial charge in [0.25, 0.3) is 0 Å². The normalized spacial score (nSPS) is 14.6. The van der Waals surface area contributed by atoms with Crippen LogP contribution in [0.5, 0.6) is 5.75 Å². The number of carbonyl (C=O) groups excluding carboxylic acids is 2. The first-order valence-corrected chi connectivity index (χ1v) is 4.94. The van der Waals surface area contributed by atoms with E-state index in [2.05, 4.69) is 0 Å². The fourth-order valence-corrected chi connectivity index (χ4v) is 1.56. The number of ether oxygens (including phenoxy) is 1. The van der Waals surface area contributed by atoms with Crippen LogP contribution in [-0.2, 0) is 4.79 Å². The van der Waals surface area contributed by atoms with Crippen molar-refractivity contribution in [2.24, 2.45) is 5.73 Å². The van der Waals surface area contributed by atoms with Gasteiger partial charge in [0.1, 0.15) is 5.75 Å². The summed E-state index contributed by atoms with van der Waals surface area (Å²) in [5.41, 5.74) is 6.37. The van der Waals surface area contributed by atoms with E-state index in [9.17, 15) is 9.59 Å². The number of ketones is 1. The lowest BCUT2D eigenvalue weighted by Gasteiger charge is -2.16. The highest BCUT2D eigenvalue weighted by Crippen LogP contribution is 2.26. The van der Waals surface area contributed by atoms with Gasteiger partial charge in [-0.05, 0) is 23.8 Å². The van der Waals surface area contributed by atoms with E-state index in [1.807, 2.05) is 0 Å². The molecule has 1 aromatic rings. The number of hydrogen-bond donors (Lipinski definition) is 1. The first-order valence-electron chi connectivity index (χ1n) is 4.94. The molecule has 2 N–H and O–H groups in total. The van der Waals surface area contributed by atoms with Gasteiger partial charge in [0, 0.05) is 12.5 Å². The van der Waals surface area contributed by atoms with Crippen molar-refractivity contribution in [1.82, 2.24) is 0 Å². The smallest absolute Gasteiger partial charge is 0.241 e. The summed E-state index contributed by atoms with van der Waals surface area (Å²) < 4.78 is 5.37. The van der Waals surface area contributed by atoms with Crippen molar-refractivity contribution in [2.45, 2.75) is 6.42 Å². The molecular formula is C12H11NO3. The van der Waals surface area contributed by atoms with Crippen LogP contribution in [0.15, 0.2) is 24.3 Å². The van der Waals surface area contributed by atoms with Crippen LogP contribution in [0.3, 0.4) is 0 Å². The number of benzene rings is 1. The number of rotatable bonds is 2. The Kier molecular flexibility index (Phi) is 2.72. The van der Waals surface area contributed by atoms with E-state index in [0.717, 1.165) is 5.56 Å². The predicted octanol–water partition coefficient (Wildman–Crippen LogP) is 1.15. The molecule has 1 aliphatic heterocycles. The molecule has 0 bridgehead atoms. The van der Waals surface area contributed by atoms with Crippen molar-refractivity contribution in [3.8, 4) is 5.75 Å². The van der Waals surface area contributed by atoms with Crippen LogP contribution in [0.25, 0.3) is 6.08 Å². The maximum Gasteiger partial charge on any atom is 0.241 e. The zero-order valence-corrected chi connectivity index (χ0v) is 8.60. The molecule has 1 amide bonds. The van der Waals surface area contributed by atoms with E-state index >= 15 is 0 Å². The second-order valence-corrected chi connectivity index (χ2v) is 3.51. The van der Waals surface area contributed by atoms with Crippen molar-refractivity contribution < 1.29 is 14.3 Å². The van der Waals surface area contributed by atoms with Crippen molar-refractivity contribution in [2.75, 3.05) is 6.61 Å². The van der Waals surface area contributed by atoms with Gasteiger partial charge < -0.3 is 10.5 Å². The molecule has 4 heteroatoms. The molecular weight excluding hydrogens is 206 g/mol. The lowest BCUT2D eigenvalue weighted by Crippen LogP contribution is -2.15. The van der Waals surface area contributed by atoms with Crippen LogP contribution >= 0.6 is 0 Å². The van der Waals surface area contributed by atoms with Gasteiger partial charge in [-0.2, -0.15) is 0 Å². The number of hydrogen-bond acceptors (Lipinski definition) is 3. The SMILES string of the molecule is NC(=O)C=Cc1ccc2c(c1)OCCC2=O. The van der Waals surface area contributed by atoms with Crippen LogP contribution in [-0.4, -0.2) is 18.3 Å². The third-order valence-corrected chi connectivity index (χ3v) is 2.33. The third kappa shape index (κ3) is 2.11. The zero-order valence-electron chi connectivity index (χ0n) is 8.60. The van der Waals surface area contributed by atoms with Gasteiger partial charge in [-0.3, -0.25) is 9.59 Å². The molecule has 1 aromatic carbocycles. The highest BCUT2D eigenvalue weighted by Gasteiger charge is 2.17. The van der Waals surface area contributed by atoms with E-state index in [1.165, 1.54) is 6.08 Å². The maximum absolute atomic E-state index is 11.5. The Morgan fingerprint density at radius 1 is 1.44 bits per heavy atom. The molecule has 0 unspecified atom stereocenters. The van der Waals surface area contributed by atoms with Crippen LogP contribution in [0.1, 0.15) is 22.3 Å². The minimum absolute atomic E-state index is 0.0895. The lowest BCUT2D eigenvalue weighted by atomic mass is 10.0. The molecule has 0 saturated heterocycles. The fraction of sp³-hybridized carbons (Fsp3) is 0.167. The predicted molar refractivity (Wildman–Crippen MR) is 59.1 cm³/mol. The summed E-state index contributed by atoms with van der Waals surface area (Å²) in [6.45, 7) is 0.412. The van der Waals surface area contributed by atoms with Gasteiger partial charge in [0.15, 0.2) is 5.78 Å². The third-order valence-electron chi connectivity index (χ3n) is 2.33. The molecule has 0 atom stereocenters. The summed E-state index contributed by atoms with van der Waals surface area (Å²) in [5.74, 6) is 0.157. The summed E-state index contributed by atoms with van der Waals surface area (Å²) in [4.78, 5) is 22.1. The molecule has 0 aliphatic carbocycles. The monoisotopic (exact) mass is 217 g/mol. The van der Waals surface area contributed by atoms with Gasteiger partial charge in [-0.25, -0.2) is 0 Å². The summed E-state index contributed by atoms with van der Waals surface area (Å²) in [7, 11) is 0. The highest BCUT2D eigenvalue weighted by atomic mass is 16.5. The highest BCUT2D eigenvalue weighted by molar-refractivity contribution is 6.00. The van der Waals surface area contributed by atoms with E-state index in [0.29, 0.717) is 24.3 Å². The molecule has 1 aliphatic rings. The van der Waals surface area contributed by atoms with Crippen LogP contribution < -0.4 is 10.5 Å². The van der Waals surface area contributed by atoms with Gasteiger partial charge in [-0.15, -0.1) is 0 Å². The van der Waals surface area contributed by atoms with E-state index < -0.39 is 5.91 Å². The Balaban J connectivity index is 2.32. The average Bonchev–Trinajstić information content (AvgIpc) is 2.26. The van der Waals surface area contributed by atoms with Crippen molar-refractivity contribution in [3.05, 3.63) is 35.4 Å². The molecule has 0 spiro atoms. The Morgan fingerprint density at radius 3 is 3.00 bits per heavy atom. The Labute approximate surface area is 92.7 Å². The van der Waals surface area contributed by atoms with Crippen molar-refractivity contribution in [3.63, 3.8) is 0 Å². The van der Waals surface area contributed by atoms with Crippen LogP contribution in [0, 0.1) is 0 Å². The van der Waals surface area contributed by atoms with E-state index in [4.69, 9.17) is 10.5 Å². The summed E-state index contributed by atoms with van der Waals surface area (Å²) in [5, 5.41) is 0. The summed E-state index contributed by atoms with van der Waals surface area (Å²) in [6.07, 6.45) is 3.28. The first-order chi connectivity index (χ1) is 7.66. The van der Waals surface area contributed by atoms with Gasteiger partial charge in [0.05, 0.1) is 12.2 Å². The quantitative estimate of drug-likeness (QED) is 0.755. The second kappa shape index (κ2) is 4.18. The number of fused-ring (bicyclic) bond motifs is 1. The molecule has 82 valence electrons. The Bertz CT molecular complexity index is 477. The Hall–Kier alpha value is -2.10. The molecule has 2 rings (SSSR count). The number of nitrogens with two attached hydrogens (primary N) is 1. The molecule has 0 radical (unpaired) electrons. The Morgan fingerprint density at radius 2 is 2.25 bits per heavy atom. The van der Waals surface area contributed by atoms with Gasteiger partial charge >= 0.3 is 0 Å². The van der Waals surface area contributed by atoms with Crippen LogP contribution in [0.2, 0.25) is 0 Å². The average molecular weight is 217 g/mol. The molecule has 1 heterocycles. The zero-order chi connectivity index (χ0) is 11.5. The largest absolute Gasteiger partial charge is 0.492 e. The van der Waals surface area contributed by atoms with Gasteiger partial charge in [-0.1, -0.05) is 6.07 Å². The lowest BCUT2D eigenvalue weighted by molar-refractivity contribution is -0.113. The standard InChI is InChI=1S/C12H11NO3/c13-12(15)4-2-8-1-3-9-10(14)5-6-16-11(9)7-8/h1-4,7H,5-6H2,(H2,13,15). The van der Waals surface area contributed by atoms with Crippen molar-refractivity contribution >= 4 is 17.8 Å². The van der Waals surface area contributed by atoms with E-state index in [1.54, 1.807) is 24.3 Å². The molecule has 0 fully saturated rings. The summed E-state index contributed by atoms with van der Waals surface area (Å²) in [6, 6.07) is 5.19. The first kappa shape index (κ1) is 10.4. The molecule has 4 nitrogen and oxygen atoms in total. The maximum atomic E-state index is 11.5. The summed E-state index contributed by atoms with van der Waals surface area (Å²) >= 11 is 0. The van der Waals surface area contributed by atoms with Crippen LogP contribution in [0.4, 0.5) is 0 Å². The minimum atomic E-state index is -0.505. The molecule has 16 heavy (non-hydrogen) atoms. The number of primary amides is 1.